The van der Waals surface area contributed by atoms with E-state index in [0.717, 1.165) is 11.6 Å². The molecule has 1 aromatic carbocycles. The zero-order valence-corrected chi connectivity index (χ0v) is 21.2. The van der Waals surface area contributed by atoms with Crippen molar-refractivity contribution in [3.8, 4) is 23.1 Å². The predicted octanol–water partition coefficient (Wildman–Crippen LogP) is 5.92. The normalized spacial score (nSPS) is 17.8. The molecule has 0 aliphatic heterocycles. The monoisotopic (exact) mass is 508 g/mol. The van der Waals surface area contributed by atoms with Gasteiger partial charge in [0.25, 0.3) is 0 Å². The lowest BCUT2D eigenvalue weighted by molar-refractivity contribution is -0.0142. The van der Waals surface area contributed by atoms with E-state index in [-0.39, 0.29) is 24.7 Å². The number of nitriles is 1. The van der Waals surface area contributed by atoms with Gasteiger partial charge in [-0.25, -0.2) is 18.3 Å². The minimum atomic E-state index is -1.70. The van der Waals surface area contributed by atoms with Crippen LogP contribution in [-0.4, -0.2) is 40.0 Å². The summed E-state index contributed by atoms with van der Waals surface area (Å²) in [5.74, 6) is 0.190. The first-order chi connectivity index (χ1) is 17.7. The fourth-order valence-electron chi connectivity index (χ4n) is 4.29. The summed E-state index contributed by atoms with van der Waals surface area (Å²) in [7, 11) is 1.46. The second-order valence-electron chi connectivity index (χ2n) is 9.83. The van der Waals surface area contributed by atoms with Crippen LogP contribution in [0.4, 0.5) is 8.78 Å². The highest BCUT2D eigenvalue weighted by molar-refractivity contribution is 6.00. The molecule has 2 heterocycles. The highest BCUT2D eigenvalue weighted by atomic mass is 19.1. The lowest BCUT2D eigenvalue weighted by Crippen LogP contribution is -2.15. The molecular weight excluding hydrogens is 478 g/mol. The van der Waals surface area contributed by atoms with Gasteiger partial charge in [0.2, 0.25) is 6.36 Å². The van der Waals surface area contributed by atoms with Gasteiger partial charge in [0.05, 0.1) is 48.9 Å². The number of carbonyl (C=O) groups excluding carboxylic acids is 1. The van der Waals surface area contributed by atoms with E-state index in [1.165, 1.54) is 7.11 Å². The Hall–Kier alpha value is -3.64. The van der Waals surface area contributed by atoms with Gasteiger partial charge in [-0.3, -0.25) is 4.79 Å². The number of alkyl halides is 2. The molecule has 0 amide bonds. The summed E-state index contributed by atoms with van der Waals surface area (Å²) >= 11 is 0. The van der Waals surface area contributed by atoms with Crippen molar-refractivity contribution >= 4 is 11.4 Å². The molecule has 0 bridgehead atoms. The van der Waals surface area contributed by atoms with Crippen molar-refractivity contribution in [3.05, 3.63) is 59.9 Å². The summed E-state index contributed by atoms with van der Waals surface area (Å²) < 4.78 is 39.6. The second kappa shape index (κ2) is 10.8. The largest absolute Gasteiger partial charge is 0.496 e. The van der Waals surface area contributed by atoms with E-state index in [4.69, 9.17) is 9.47 Å². The molecule has 0 spiro atoms. The zero-order valence-electron chi connectivity index (χ0n) is 21.2. The third-order valence-corrected chi connectivity index (χ3v) is 6.74. The number of benzene rings is 1. The Balaban J connectivity index is 1.71. The van der Waals surface area contributed by atoms with Crippen molar-refractivity contribution in [1.29, 1.82) is 5.26 Å². The molecule has 3 aromatic rings. The number of rotatable bonds is 12. The van der Waals surface area contributed by atoms with Crippen LogP contribution >= 0.6 is 0 Å². The summed E-state index contributed by atoms with van der Waals surface area (Å²) in [5, 5.41) is 13.9. The van der Waals surface area contributed by atoms with Crippen LogP contribution in [0, 0.1) is 17.2 Å². The molecule has 1 saturated carbocycles. The molecule has 9 heteroatoms. The Bertz CT molecular complexity index is 1360. The fraction of sp³-hybridized carbons (Fsp3) is 0.429. The third kappa shape index (κ3) is 5.70. The van der Waals surface area contributed by atoms with Crippen molar-refractivity contribution in [2.75, 3.05) is 7.11 Å². The maximum Gasteiger partial charge on any atom is 0.218 e. The van der Waals surface area contributed by atoms with Gasteiger partial charge < -0.3 is 9.47 Å². The number of hydrogen-bond acceptors (Lipinski definition) is 6. The lowest BCUT2D eigenvalue weighted by atomic mass is 9.88. The minimum Gasteiger partial charge on any atom is -0.496 e. The average molecular weight is 509 g/mol. The second-order valence-corrected chi connectivity index (χ2v) is 9.83. The Labute approximate surface area is 214 Å². The molecule has 7 nitrogen and oxygen atoms in total. The first-order valence-electron chi connectivity index (χ1n) is 12.2. The van der Waals surface area contributed by atoms with Gasteiger partial charge in [-0.1, -0.05) is 6.58 Å². The highest BCUT2D eigenvalue weighted by Gasteiger charge is 2.36. The summed E-state index contributed by atoms with van der Waals surface area (Å²) in [6, 6.07) is 7.52. The van der Waals surface area contributed by atoms with E-state index < -0.39 is 17.9 Å². The topological polar surface area (TPSA) is 89.5 Å². The van der Waals surface area contributed by atoms with Crippen molar-refractivity contribution in [2.24, 2.45) is 5.92 Å². The van der Waals surface area contributed by atoms with Gasteiger partial charge in [-0.2, -0.15) is 10.4 Å². The van der Waals surface area contributed by atoms with E-state index in [1.54, 1.807) is 49.0 Å². The number of imidazole rings is 1. The van der Waals surface area contributed by atoms with Crippen LogP contribution in [0.5, 0.6) is 5.75 Å². The molecule has 1 unspecified atom stereocenters. The van der Waals surface area contributed by atoms with Crippen LogP contribution in [0.15, 0.2) is 43.2 Å². The SMILES string of the molecule is C=CC(F)OCc1cc(-c2cnc3cc(C(C)(C)C#N)cnn23)cc(OC)c1C(=O)CCC[C@@H]1C[C@@H]1F. The van der Waals surface area contributed by atoms with Crippen molar-refractivity contribution < 1.29 is 23.0 Å². The molecule has 37 heavy (non-hydrogen) atoms. The Kier molecular flexibility index (Phi) is 7.69. The highest BCUT2D eigenvalue weighted by Crippen LogP contribution is 2.39. The maximum atomic E-state index is 13.9. The van der Waals surface area contributed by atoms with Crippen molar-refractivity contribution in [3.63, 3.8) is 0 Å². The molecule has 2 aromatic heterocycles. The van der Waals surface area contributed by atoms with E-state index in [1.807, 2.05) is 0 Å². The molecule has 0 radical (unpaired) electrons. The van der Waals surface area contributed by atoms with Crippen molar-refractivity contribution in [1.82, 2.24) is 14.6 Å². The molecule has 194 valence electrons. The summed E-state index contributed by atoms with van der Waals surface area (Å²) in [4.78, 5) is 17.7. The molecule has 0 saturated heterocycles. The van der Waals surface area contributed by atoms with Gasteiger partial charge in [0.15, 0.2) is 11.4 Å². The number of halogens is 2. The third-order valence-electron chi connectivity index (χ3n) is 6.74. The van der Waals surface area contributed by atoms with Gasteiger partial charge in [-0.05, 0) is 74.4 Å². The predicted molar refractivity (Wildman–Crippen MR) is 135 cm³/mol. The number of Topliss-reactive ketones (excluding diaryl/α,β-unsaturated/α-hetero) is 1. The van der Waals surface area contributed by atoms with Crippen molar-refractivity contribution in [2.45, 2.75) is 64.1 Å². The van der Waals surface area contributed by atoms with Crippen LogP contribution in [0.1, 0.15) is 61.0 Å². The van der Waals surface area contributed by atoms with Gasteiger partial charge in [0.1, 0.15) is 11.9 Å². The number of methoxy groups -OCH3 is 1. The summed E-state index contributed by atoms with van der Waals surface area (Å²) in [5.41, 5.74) is 2.59. The van der Waals surface area contributed by atoms with Crippen LogP contribution in [0.3, 0.4) is 0 Å². The molecule has 1 fully saturated rings. The number of carbonyl (C=O) groups is 1. The van der Waals surface area contributed by atoms with E-state index in [0.29, 0.717) is 53.0 Å². The first-order valence-corrected chi connectivity index (χ1v) is 12.2. The van der Waals surface area contributed by atoms with E-state index >= 15 is 0 Å². The average Bonchev–Trinajstić information content (AvgIpc) is 3.43. The number of hydrogen-bond donors (Lipinski definition) is 0. The number of ketones is 1. The van der Waals surface area contributed by atoms with E-state index in [2.05, 4.69) is 22.7 Å². The smallest absolute Gasteiger partial charge is 0.218 e. The Morgan fingerprint density at radius 3 is 2.78 bits per heavy atom. The van der Waals surface area contributed by atoms with Gasteiger partial charge in [0, 0.05) is 12.0 Å². The molecular formula is C28H30F2N4O3. The maximum absolute atomic E-state index is 13.9. The number of ether oxygens (including phenoxy) is 2. The fourth-order valence-corrected chi connectivity index (χ4v) is 4.29. The Morgan fingerprint density at radius 1 is 1.38 bits per heavy atom. The summed E-state index contributed by atoms with van der Waals surface area (Å²) in [6.07, 6.45) is 3.83. The van der Waals surface area contributed by atoms with Gasteiger partial charge >= 0.3 is 0 Å². The van der Waals surface area contributed by atoms with Gasteiger partial charge in [-0.15, -0.1) is 0 Å². The minimum absolute atomic E-state index is 0.0432. The number of aromatic nitrogens is 3. The molecule has 0 N–H and O–H groups in total. The summed E-state index contributed by atoms with van der Waals surface area (Å²) in [6.45, 7) is 6.82. The van der Waals surface area contributed by atoms with E-state index in [9.17, 15) is 18.8 Å². The molecule has 1 aliphatic carbocycles. The van der Waals surface area contributed by atoms with Crippen LogP contribution in [0.2, 0.25) is 0 Å². The van der Waals surface area contributed by atoms with Crippen LogP contribution in [-0.2, 0) is 16.8 Å². The van der Waals surface area contributed by atoms with Crippen LogP contribution < -0.4 is 4.74 Å². The molecule has 4 rings (SSSR count). The first kappa shape index (κ1) is 26.4. The zero-order chi connectivity index (χ0) is 26.7. The lowest BCUT2D eigenvalue weighted by Gasteiger charge is -2.17. The van der Waals surface area contributed by atoms with Crippen LogP contribution in [0.25, 0.3) is 16.9 Å². The number of nitrogens with zero attached hydrogens (tertiary/aromatic N) is 4. The number of fused-ring (bicyclic) bond motifs is 1. The Morgan fingerprint density at radius 2 is 2.14 bits per heavy atom. The molecule has 3 atom stereocenters. The standard InChI is InChI=1S/C28H30F2N4O3/c1-5-25(30)37-15-19-9-18(11-24(36-4)27(19)23(35)8-6-7-17-10-21(17)29)22-14-32-26-12-20(13-33-34(22)26)28(2,3)16-31/h5,9,11-14,17,21,25H,1,6-8,10,15H2,2-4H3/t17-,21+,25?/m1/s1. The quantitative estimate of drug-likeness (QED) is 0.223. The molecule has 1 aliphatic rings.